The molecule has 7 heteroatoms. The zero-order valence-electron chi connectivity index (χ0n) is 15.4. The van der Waals surface area contributed by atoms with E-state index in [1.165, 1.54) is 0 Å². The Hall–Kier alpha value is -2.83. The number of hydrogen-bond donors (Lipinski definition) is 0. The summed E-state index contributed by atoms with van der Waals surface area (Å²) in [6.45, 7) is 6.28. The summed E-state index contributed by atoms with van der Waals surface area (Å²) < 4.78 is 6.94. The first-order valence-electron chi connectivity index (χ1n) is 8.76. The molecule has 0 bridgehead atoms. The van der Waals surface area contributed by atoms with Gasteiger partial charge in [-0.2, -0.15) is 5.10 Å². The van der Waals surface area contributed by atoms with Gasteiger partial charge in [-0.05, 0) is 37.6 Å². The lowest BCUT2D eigenvalue weighted by Gasteiger charge is -2.34. The molecule has 1 aliphatic heterocycles. The highest BCUT2D eigenvalue weighted by molar-refractivity contribution is 5.95. The van der Waals surface area contributed by atoms with E-state index in [4.69, 9.17) is 4.74 Å². The van der Waals surface area contributed by atoms with Crippen molar-refractivity contribution in [2.45, 2.75) is 26.9 Å². The van der Waals surface area contributed by atoms with E-state index in [1.807, 2.05) is 38.1 Å². The summed E-state index contributed by atoms with van der Waals surface area (Å²) in [5.74, 6) is 0.558. The lowest BCUT2D eigenvalue weighted by molar-refractivity contribution is -0.135. The first kappa shape index (κ1) is 18.0. The molecule has 7 nitrogen and oxygen atoms in total. The van der Waals surface area contributed by atoms with Crippen LogP contribution >= 0.6 is 0 Å². The van der Waals surface area contributed by atoms with E-state index in [2.05, 4.69) is 5.10 Å². The van der Waals surface area contributed by atoms with E-state index in [9.17, 15) is 9.59 Å². The Balaban J connectivity index is 1.62. The maximum atomic E-state index is 12.6. The number of rotatable bonds is 5. The van der Waals surface area contributed by atoms with Gasteiger partial charge in [-0.25, -0.2) is 0 Å². The van der Waals surface area contributed by atoms with Gasteiger partial charge in [-0.15, -0.1) is 0 Å². The summed E-state index contributed by atoms with van der Waals surface area (Å²) >= 11 is 0. The van der Waals surface area contributed by atoms with Gasteiger partial charge in [0.2, 0.25) is 5.91 Å². The van der Waals surface area contributed by atoms with Crippen molar-refractivity contribution in [2.24, 2.45) is 0 Å². The molecule has 2 aromatic rings. The average molecular weight is 356 g/mol. The first-order valence-corrected chi connectivity index (χ1v) is 8.76. The van der Waals surface area contributed by atoms with E-state index in [0.29, 0.717) is 31.9 Å². The third-order valence-corrected chi connectivity index (χ3v) is 4.64. The maximum Gasteiger partial charge on any atom is 0.274 e. The molecule has 0 saturated carbocycles. The van der Waals surface area contributed by atoms with Crippen molar-refractivity contribution < 1.29 is 14.3 Å². The summed E-state index contributed by atoms with van der Waals surface area (Å²) in [5.41, 5.74) is 2.39. The highest BCUT2D eigenvalue weighted by Crippen LogP contribution is 2.16. The second-order valence-electron chi connectivity index (χ2n) is 6.38. The topological polar surface area (TPSA) is 67.7 Å². The minimum atomic E-state index is -0.183. The van der Waals surface area contributed by atoms with Crippen LogP contribution in [0.1, 0.15) is 28.7 Å². The smallest absolute Gasteiger partial charge is 0.274 e. The van der Waals surface area contributed by atoms with Crippen LogP contribution in [0.15, 0.2) is 30.3 Å². The van der Waals surface area contributed by atoms with Crippen LogP contribution in [0.25, 0.3) is 0 Å². The monoisotopic (exact) mass is 356 g/mol. The molecular weight excluding hydrogens is 332 g/mol. The van der Waals surface area contributed by atoms with Crippen LogP contribution in [0.4, 0.5) is 0 Å². The molecule has 1 aromatic carbocycles. The van der Waals surface area contributed by atoms with Crippen molar-refractivity contribution in [3.8, 4) is 5.75 Å². The molecule has 26 heavy (non-hydrogen) atoms. The van der Waals surface area contributed by atoms with Crippen LogP contribution < -0.4 is 4.74 Å². The lowest BCUT2D eigenvalue weighted by Crippen LogP contribution is -2.51. The van der Waals surface area contributed by atoms with Gasteiger partial charge in [-0.3, -0.25) is 14.3 Å². The fraction of sp³-hybridized carbons (Fsp3) is 0.421. The fourth-order valence-corrected chi connectivity index (χ4v) is 3.10. The van der Waals surface area contributed by atoms with E-state index in [-0.39, 0.29) is 18.4 Å². The summed E-state index contributed by atoms with van der Waals surface area (Å²) in [6, 6.07) is 9.44. The van der Waals surface area contributed by atoms with Crippen LogP contribution in [-0.2, 0) is 17.9 Å². The van der Waals surface area contributed by atoms with Crippen LogP contribution in [0.5, 0.6) is 5.75 Å². The third kappa shape index (κ3) is 3.71. The van der Waals surface area contributed by atoms with Crippen LogP contribution in [0.2, 0.25) is 0 Å². The number of methoxy groups -OCH3 is 1. The molecule has 3 rings (SSSR count). The van der Waals surface area contributed by atoms with E-state index >= 15 is 0 Å². The SMILES string of the molecule is CCn1nc(C(=O)N2CCN(Cc3ccc(OC)cc3)C(=O)C2)cc1C. The number of aromatic nitrogens is 2. The second-order valence-corrected chi connectivity index (χ2v) is 6.38. The quantitative estimate of drug-likeness (QED) is 0.818. The number of amides is 2. The summed E-state index contributed by atoms with van der Waals surface area (Å²) in [6.07, 6.45) is 0. The van der Waals surface area contributed by atoms with Crippen molar-refractivity contribution in [1.29, 1.82) is 0 Å². The Bertz CT molecular complexity index is 798. The van der Waals surface area contributed by atoms with E-state index < -0.39 is 0 Å². The third-order valence-electron chi connectivity index (χ3n) is 4.64. The number of carbonyl (C=O) groups excluding carboxylic acids is 2. The molecule has 0 N–H and O–H groups in total. The van der Waals surface area contributed by atoms with Crippen LogP contribution in [0.3, 0.4) is 0 Å². The molecule has 2 amide bonds. The Morgan fingerprint density at radius 2 is 1.96 bits per heavy atom. The van der Waals surface area contributed by atoms with Gasteiger partial charge in [0.25, 0.3) is 5.91 Å². The Kier molecular flexibility index (Phi) is 5.25. The molecule has 138 valence electrons. The first-order chi connectivity index (χ1) is 12.5. The Morgan fingerprint density at radius 3 is 2.54 bits per heavy atom. The molecule has 0 unspecified atom stereocenters. The van der Waals surface area contributed by atoms with Gasteiger partial charge in [0.15, 0.2) is 5.69 Å². The number of carbonyl (C=O) groups is 2. The zero-order valence-corrected chi connectivity index (χ0v) is 15.4. The predicted octanol–water partition coefficient (Wildman–Crippen LogP) is 1.70. The maximum absolute atomic E-state index is 12.6. The Labute approximate surface area is 153 Å². The molecule has 1 aromatic heterocycles. The Morgan fingerprint density at radius 1 is 1.23 bits per heavy atom. The highest BCUT2D eigenvalue weighted by atomic mass is 16.5. The van der Waals surface area contributed by atoms with Gasteiger partial charge in [0.05, 0.1) is 7.11 Å². The minimum Gasteiger partial charge on any atom is -0.497 e. The van der Waals surface area contributed by atoms with E-state index in [1.54, 1.807) is 27.7 Å². The number of benzene rings is 1. The molecule has 1 fully saturated rings. The molecule has 0 atom stereocenters. The van der Waals surface area contributed by atoms with Gasteiger partial charge < -0.3 is 14.5 Å². The predicted molar refractivity (Wildman–Crippen MR) is 97.0 cm³/mol. The number of piperazine rings is 1. The number of nitrogens with zero attached hydrogens (tertiary/aromatic N) is 4. The minimum absolute atomic E-state index is 0.0490. The molecule has 2 heterocycles. The van der Waals surface area contributed by atoms with Crippen molar-refractivity contribution in [3.05, 3.63) is 47.3 Å². The van der Waals surface area contributed by atoms with Crippen molar-refractivity contribution in [1.82, 2.24) is 19.6 Å². The van der Waals surface area contributed by atoms with Crippen molar-refractivity contribution in [3.63, 3.8) is 0 Å². The van der Waals surface area contributed by atoms with Crippen molar-refractivity contribution in [2.75, 3.05) is 26.7 Å². The van der Waals surface area contributed by atoms with Gasteiger partial charge in [-0.1, -0.05) is 12.1 Å². The molecule has 1 aliphatic rings. The summed E-state index contributed by atoms with van der Waals surface area (Å²) in [4.78, 5) is 28.5. The number of ether oxygens (including phenoxy) is 1. The molecule has 0 radical (unpaired) electrons. The van der Waals surface area contributed by atoms with Crippen molar-refractivity contribution >= 4 is 11.8 Å². The number of hydrogen-bond acceptors (Lipinski definition) is 4. The zero-order chi connectivity index (χ0) is 18.7. The molecule has 1 saturated heterocycles. The normalized spacial score (nSPS) is 14.7. The van der Waals surface area contributed by atoms with E-state index in [0.717, 1.165) is 17.0 Å². The van der Waals surface area contributed by atoms with Crippen LogP contribution in [-0.4, -0.2) is 58.1 Å². The average Bonchev–Trinajstić information content (AvgIpc) is 3.04. The standard InChI is InChI=1S/C19H24N4O3/c1-4-23-14(2)11-17(20-23)19(25)22-10-9-21(18(24)13-22)12-15-5-7-16(26-3)8-6-15/h5-8,11H,4,9-10,12-13H2,1-3H3. The summed E-state index contributed by atoms with van der Waals surface area (Å²) in [5, 5.41) is 4.32. The summed E-state index contributed by atoms with van der Waals surface area (Å²) in [7, 11) is 1.62. The molecular formula is C19H24N4O3. The number of aryl methyl sites for hydroxylation is 2. The molecule has 0 spiro atoms. The van der Waals surface area contributed by atoms with Crippen LogP contribution in [0, 0.1) is 6.92 Å². The molecule has 0 aliphatic carbocycles. The largest absolute Gasteiger partial charge is 0.497 e. The van der Waals surface area contributed by atoms with Gasteiger partial charge in [0, 0.05) is 31.9 Å². The highest BCUT2D eigenvalue weighted by Gasteiger charge is 2.29. The lowest BCUT2D eigenvalue weighted by atomic mass is 10.2. The van der Waals surface area contributed by atoms with Gasteiger partial charge in [0.1, 0.15) is 12.3 Å². The second kappa shape index (κ2) is 7.59. The fourth-order valence-electron chi connectivity index (χ4n) is 3.10. The van der Waals surface area contributed by atoms with Gasteiger partial charge >= 0.3 is 0 Å².